The first-order chi connectivity index (χ1) is 15.5. The fourth-order valence-electron chi connectivity index (χ4n) is 3.49. The van der Waals surface area contributed by atoms with Crippen molar-refractivity contribution in [2.75, 3.05) is 14.2 Å². The number of hydrogen-bond acceptors (Lipinski definition) is 6. The number of benzene rings is 1. The van der Waals surface area contributed by atoms with Crippen molar-refractivity contribution < 1.29 is 14.3 Å². The summed E-state index contributed by atoms with van der Waals surface area (Å²) < 4.78 is 14.1. The first-order valence-electron chi connectivity index (χ1n) is 9.98. The Morgan fingerprint density at radius 1 is 0.969 bits per heavy atom. The fraction of sp³-hybridized carbons (Fsp3) is 0.217. The van der Waals surface area contributed by atoms with Crippen LogP contribution in [0.15, 0.2) is 54.9 Å². The Labute approximate surface area is 185 Å². The number of carbonyl (C=O) groups excluding carboxylic acids is 1. The largest absolute Gasteiger partial charge is 0.497 e. The van der Waals surface area contributed by atoms with Crippen molar-refractivity contribution in [2.45, 2.75) is 6.54 Å². The molecule has 9 heteroatoms. The van der Waals surface area contributed by atoms with Gasteiger partial charge in [0.1, 0.15) is 17.2 Å². The number of aryl methyl sites for hydroxylation is 2. The van der Waals surface area contributed by atoms with Crippen molar-refractivity contribution in [3.05, 3.63) is 66.2 Å². The average molecular weight is 432 g/mol. The number of ether oxygens (including phenoxy) is 2. The second-order valence-corrected chi connectivity index (χ2v) is 7.17. The highest BCUT2D eigenvalue weighted by molar-refractivity contribution is 5.94. The van der Waals surface area contributed by atoms with Crippen LogP contribution in [0.5, 0.6) is 11.5 Å². The fourth-order valence-corrected chi connectivity index (χ4v) is 3.49. The maximum atomic E-state index is 12.9. The molecule has 3 heterocycles. The Balaban J connectivity index is 1.52. The van der Waals surface area contributed by atoms with Gasteiger partial charge in [0.05, 0.1) is 37.8 Å². The lowest BCUT2D eigenvalue weighted by Gasteiger charge is -2.08. The summed E-state index contributed by atoms with van der Waals surface area (Å²) in [6.45, 7) is 0.292. The SMILES string of the molecule is COc1ccc(OC)c(-c2cc(C(=O)NCc3cc(-c4ccncc4)n(C)n3)n(C)n2)c1. The topological polar surface area (TPSA) is 96.1 Å². The van der Waals surface area contributed by atoms with Gasteiger partial charge in [-0.1, -0.05) is 0 Å². The van der Waals surface area contributed by atoms with Crippen LogP contribution in [-0.2, 0) is 20.6 Å². The summed E-state index contributed by atoms with van der Waals surface area (Å²) in [5.41, 5.74) is 4.50. The number of nitrogens with one attached hydrogen (secondary N) is 1. The van der Waals surface area contributed by atoms with Gasteiger partial charge in [0, 0.05) is 37.6 Å². The number of carbonyl (C=O) groups is 1. The summed E-state index contributed by atoms with van der Waals surface area (Å²) in [6.07, 6.45) is 3.47. The van der Waals surface area contributed by atoms with E-state index in [1.54, 1.807) is 49.1 Å². The van der Waals surface area contributed by atoms with Gasteiger partial charge in [-0.15, -0.1) is 0 Å². The molecule has 0 unspecified atom stereocenters. The summed E-state index contributed by atoms with van der Waals surface area (Å²) >= 11 is 0. The quantitative estimate of drug-likeness (QED) is 0.482. The van der Waals surface area contributed by atoms with Crippen LogP contribution in [0.2, 0.25) is 0 Å². The highest BCUT2D eigenvalue weighted by Crippen LogP contribution is 2.33. The van der Waals surface area contributed by atoms with E-state index in [0.717, 1.165) is 22.5 Å². The van der Waals surface area contributed by atoms with Gasteiger partial charge < -0.3 is 14.8 Å². The van der Waals surface area contributed by atoms with Gasteiger partial charge in [0.25, 0.3) is 5.91 Å². The van der Waals surface area contributed by atoms with Crippen LogP contribution in [0.4, 0.5) is 0 Å². The second kappa shape index (κ2) is 8.93. The van der Waals surface area contributed by atoms with Crippen molar-refractivity contribution >= 4 is 5.91 Å². The van der Waals surface area contributed by atoms with Gasteiger partial charge in [0.15, 0.2) is 0 Å². The van der Waals surface area contributed by atoms with Crippen LogP contribution >= 0.6 is 0 Å². The first-order valence-corrected chi connectivity index (χ1v) is 9.98. The molecule has 1 N–H and O–H groups in total. The van der Waals surface area contributed by atoms with E-state index in [2.05, 4.69) is 20.5 Å². The van der Waals surface area contributed by atoms with E-state index in [0.29, 0.717) is 29.4 Å². The van der Waals surface area contributed by atoms with E-state index >= 15 is 0 Å². The van der Waals surface area contributed by atoms with E-state index in [-0.39, 0.29) is 5.91 Å². The summed E-state index contributed by atoms with van der Waals surface area (Å²) in [4.78, 5) is 16.9. The molecule has 1 aromatic carbocycles. The summed E-state index contributed by atoms with van der Waals surface area (Å²) in [5, 5.41) is 11.9. The van der Waals surface area contributed by atoms with Crippen molar-refractivity contribution in [2.24, 2.45) is 14.1 Å². The summed E-state index contributed by atoms with van der Waals surface area (Å²) in [6, 6.07) is 13.0. The average Bonchev–Trinajstić information content (AvgIpc) is 3.39. The Morgan fingerprint density at radius 3 is 2.47 bits per heavy atom. The molecule has 0 fully saturated rings. The van der Waals surface area contributed by atoms with Gasteiger partial charge in [0.2, 0.25) is 0 Å². The molecule has 32 heavy (non-hydrogen) atoms. The smallest absolute Gasteiger partial charge is 0.269 e. The standard InChI is InChI=1S/C23H24N6O3/c1-28-20(15-7-9-24-10-8-15)11-16(26-28)14-25-23(30)21-13-19(27-29(21)2)18-12-17(31-3)5-6-22(18)32-4/h5-13H,14H2,1-4H3,(H,25,30). The molecule has 0 aliphatic rings. The third-order valence-corrected chi connectivity index (χ3v) is 5.13. The molecule has 4 rings (SSSR count). The number of amides is 1. The lowest BCUT2D eigenvalue weighted by molar-refractivity contribution is 0.0941. The van der Waals surface area contributed by atoms with Crippen molar-refractivity contribution in [1.29, 1.82) is 0 Å². The van der Waals surface area contributed by atoms with Crippen LogP contribution in [0.25, 0.3) is 22.5 Å². The third-order valence-electron chi connectivity index (χ3n) is 5.13. The van der Waals surface area contributed by atoms with Crippen LogP contribution in [0, 0.1) is 0 Å². The molecule has 1 amide bonds. The molecule has 0 aliphatic carbocycles. The molecule has 4 aromatic rings. The molecular formula is C23H24N6O3. The molecule has 0 bridgehead atoms. The number of methoxy groups -OCH3 is 2. The van der Waals surface area contributed by atoms with Gasteiger partial charge in [-0.2, -0.15) is 10.2 Å². The minimum atomic E-state index is -0.246. The number of aromatic nitrogens is 5. The Hall–Kier alpha value is -4.14. The van der Waals surface area contributed by atoms with Gasteiger partial charge >= 0.3 is 0 Å². The van der Waals surface area contributed by atoms with E-state index in [9.17, 15) is 4.79 Å². The van der Waals surface area contributed by atoms with E-state index in [1.165, 1.54) is 0 Å². The number of nitrogens with zero attached hydrogens (tertiary/aromatic N) is 5. The summed E-state index contributed by atoms with van der Waals surface area (Å²) in [7, 11) is 6.79. The van der Waals surface area contributed by atoms with Gasteiger partial charge in [-0.3, -0.25) is 19.1 Å². The van der Waals surface area contributed by atoms with Crippen LogP contribution in [0.3, 0.4) is 0 Å². The van der Waals surface area contributed by atoms with Crippen molar-refractivity contribution in [3.63, 3.8) is 0 Å². The number of hydrogen-bond donors (Lipinski definition) is 1. The van der Waals surface area contributed by atoms with Gasteiger partial charge in [-0.05, 0) is 42.5 Å². The normalized spacial score (nSPS) is 10.8. The minimum Gasteiger partial charge on any atom is -0.497 e. The summed E-state index contributed by atoms with van der Waals surface area (Å²) in [5.74, 6) is 1.08. The zero-order valence-corrected chi connectivity index (χ0v) is 18.4. The monoisotopic (exact) mass is 432 g/mol. The highest BCUT2D eigenvalue weighted by Gasteiger charge is 2.18. The van der Waals surface area contributed by atoms with Crippen LogP contribution in [-0.4, -0.2) is 44.7 Å². The second-order valence-electron chi connectivity index (χ2n) is 7.17. The molecule has 3 aromatic heterocycles. The van der Waals surface area contributed by atoms with E-state index in [4.69, 9.17) is 9.47 Å². The molecule has 164 valence electrons. The van der Waals surface area contributed by atoms with E-state index in [1.807, 2.05) is 43.4 Å². The highest BCUT2D eigenvalue weighted by atomic mass is 16.5. The molecule has 0 spiro atoms. The molecule has 9 nitrogen and oxygen atoms in total. The lowest BCUT2D eigenvalue weighted by Crippen LogP contribution is -2.25. The zero-order valence-electron chi connectivity index (χ0n) is 18.4. The maximum absolute atomic E-state index is 12.9. The number of pyridine rings is 1. The third kappa shape index (κ3) is 4.18. The molecule has 0 radical (unpaired) electrons. The predicted octanol–water partition coefficient (Wildman–Crippen LogP) is 2.83. The van der Waals surface area contributed by atoms with Crippen molar-refractivity contribution in [3.8, 4) is 34.0 Å². The van der Waals surface area contributed by atoms with E-state index < -0.39 is 0 Å². The first kappa shape index (κ1) is 21.1. The van der Waals surface area contributed by atoms with Crippen LogP contribution < -0.4 is 14.8 Å². The molecule has 0 aliphatic heterocycles. The predicted molar refractivity (Wildman–Crippen MR) is 119 cm³/mol. The zero-order chi connectivity index (χ0) is 22.7. The Morgan fingerprint density at radius 2 is 1.75 bits per heavy atom. The van der Waals surface area contributed by atoms with Gasteiger partial charge in [-0.25, -0.2) is 0 Å². The minimum absolute atomic E-state index is 0.246. The maximum Gasteiger partial charge on any atom is 0.269 e. The molecule has 0 atom stereocenters. The lowest BCUT2D eigenvalue weighted by atomic mass is 10.1. The van der Waals surface area contributed by atoms with Crippen LogP contribution in [0.1, 0.15) is 16.2 Å². The Bertz CT molecular complexity index is 1250. The molecule has 0 saturated heterocycles. The Kier molecular flexibility index (Phi) is 5.89. The molecular weight excluding hydrogens is 408 g/mol. The van der Waals surface area contributed by atoms with Crippen molar-refractivity contribution in [1.82, 2.24) is 29.9 Å². The molecule has 0 saturated carbocycles. The number of rotatable bonds is 7.